The molecule has 2 rings (SSSR count). The van der Waals surface area contributed by atoms with Gasteiger partial charge in [0.25, 0.3) is 0 Å². The van der Waals surface area contributed by atoms with Gasteiger partial charge in [-0.3, -0.25) is 0 Å². The predicted octanol–water partition coefficient (Wildman–Crippen LogP) is 2.41. The Bertz CT molecular complexity index is 534. The number of nitrogens with zero attached hydrogens (tertiary/aromatic N) is 3. The van der Waals surface area contributed by atoms with Crippen LogP contribution in [0.25, 0.3) is 0 Å². The van der Waals surface area contributed by atoms with E-state index < -0.39 is 0 Å². The Balaban J connectivity index is 1.77. The second kappa shape index (κ2) is 10.9. The van der Waals surface area contributed by atoms with Crippen LogP contribution in [0.1, 0.15) is 45.2 Å². The molecule has 140 valence electrons. The summed E-state index contributed by atoms with van der Waals surface area (Å²) in [5, 5.41) is 6.72. The number of likely N-dealkylation sites (tertiary alicyclic amines) is 1. The zero-order valence-electron chi connectivity index (χ0n) is 15.9. The highest BCUT2D eigenvalue weighted by atomic mass is 16.5. The lowest BCUT2D eigenvalue weighted by molar-refractivity contribution is 0.159. The first-order chi connectivity index (χ1) is 12.2. The van der Waals surface area contributed by atoms with E-state index in [4.69, 9.17) is 4.74 Å². The molecule has 0 bridgehead atoms. The van der Waals surface area contributed by atoms with E-state index >= 15 is 0 Å². The number of nitrogens with one attached hydrogen (secondary N) is 2. The molecular weight excluding hydrogens is 314 g/mol. The summed E-state index contributed by atoms with van der Waals surface area (Å²) in [7, 11) is 1.63. The molecule has 1 aromatic rings. The maximum absolute atomic E-state index is 5.16. The predicted molar refractivity (Wildman–Crippen MR) is 103 cm³/mol. The summed E-state index contributed by atoms with van der Waals surface area (Å²) < 4.78 is 5.16. The van der Waals surface area contributed by atoms with Gasteiger partial charge in [-0.1, -0.05) is 12.5 Å². The van der Waals surface area contributed by atoms with Crippen molar-refractivity contribution in [2.45, 2.75) is 52.1 Å². The number of hydrogen-bond donors (Lipinski definition) is 2. The number of piperidine rings is 1. The molecule has 1 saturated heterocycles. The van der Waals surface area contributed by atoms with Gasteiger partial charge in [0.2, 0.25) is 5.88 Å². The van der Waals surface area contributed by atoms with Crippen LogP contribution in [0.4, 0.5) is 0 Å². The molecule has 1 fully saturated rings. The van der Waals surface area contributed by atoms with Crippen molar-refractivity contribution in [1.82, 2.24) is 20.5 Å². The van der Waals surface area contributed by atoms with Crippen LogP contribution in [0.2, 0.25) is 0 Å². The smallest absolute Gasteiger partial charge is 0.213 e. The number of hydrogen-bond acceptors (Lipinski definition) is 4. The van der Waals surface area contributed by atoms with E-state index in [1.807, 2.05) is 18.2 Å². The molecule has 1 unspecified atom stereocenters. The average Bonchev–Trinajstić information content (AvgIpc) is 2.64. The molecule has 25 heavy (non-hydrogen) atoms. The Morgan fingerprint density at radius 2 is 2.24 bits per heavy atom. The molecule has 0 spiro atoms. The van der Waals surface area contributed by atoms with Crippen LogP contribution >= 0.6 is 0 Å². The van der Waals surface area contributed by atoms with Crippen LogP contribution in [0.3, 0.4) is 0 Å². The maximum atomic E-state index is 5.16. The van der Waals surface area contributed by atoms with Gasteiger partial charge in [0.05, 0.1) is 19.3 Å². The molecule has 0 radical (unpaired) electrons. The number of rotatable bonds is 8. The van der Waals surface area contributed by atoms with Gasteiger partial charge in [0.1, 0.15) is 0 Å². The van der Waals surface area contributed by atoms with E-state index in [9.17, 15) is 0 Å². The lowest BCUT2D eigenvalue weighted by Crippen LogP contribution is -2.41. The number of ether oxygens (including phenoxy) is 1. The van der Waals surface area contributed by atoms with E-state index in [1.165, 1.54) is 25.8 Å². The van der Waals surface area contributed by atoms with Gasteiger partial charge in [-0.15, -0.1) is 0 Å². The second-order valence-corrected chi connectivity index (χ2v) is 6.53. The molecule has 0 aromatic carbocycles. The summed E-state index contributed by atoms with van der Waals surface area (Å²) in [6.07, 6.45) is 5.19. The first kappa shape index (κ1) is 19.5. The number of aliphatic imine (C=N–C) groups is 1. The SMILES string of the molecule is CCNC(=NCc1cccc(OC)n1)NCCCN1CCCCC1C. The fraction of sp³-hybridized carbons (Fsp3) is 0.684. The van der Waals surface area contributed by atoms with Crippen LogP contribution in [0.5, 0.6) is 5.88 Å². The largest absolute Gasteiger partial charge is 0.481 e. The Kier molecular flexibility index (Phi) is 8.52. The molecule has 0 amide bonds. The number of aromatic nitrogens is 1. The third-order valence-electron chi connectivity index (χ3n) is 4.59. The normalized spacial score (nSPS) is 18.8. The van der Waals surface area contributed by atoms with E-state index in [0.717, 1.165) is 43.8 Å². The minimum Gasteiger partial charge on any atom is -0.481 e. The lowest BCUT2D eigenvalue weighted by atomic mass is 10.0. The Hall–Kier alpha value is -1.82. The van der Waals surface area contributed by atoms with Crippen molar-refractivity contribution < 1.29 is 4.74 Å². The molecule has 2 N–H and O–H groups in total. The molecule has 0 saturated carbocycles. The Morgan fingerprint density at radius 1 is 1.36 bits per heavy atom. The molecule has 1 aliphatic heterocycles. The van der Waals surface area contributed by atoms with E-state index in [1.54, 1.807) is 7.11 Å². The average molecular weight is 348 g/mol. The molecule has 1 aliphatic rings. The standard InChI is InChI=1S/C19H33N5O/c1-4-20-19(22-15-17-10-7-11-18(23-17)25-3)21-12-8-14-24-13-6-5-9-16(24)2/h7,10-11,16H,4-6,8-9,12-15H2,1-3H3,(H2,20,21,22). The topological polar surface area (TPSA) is 61.8 Å². The first-order valence-electron chi connectivity index (χ1n) is 9.49. The lowest BCUT2D eigenvalue weighted by Gasteiger charge is -2.33. The van der Waals surface area contributed by atoms with Gasteiger partial charge in [-0.05, 0) is 45.7 Å². The Labute approximate surface area is 152 Å². The Morgan fingerprint density at radius 3 is 3.00 bits per heavy atom. The summed E-state index contributed by atoms with van der Waals surface area (Å²) >= 11 is 0. The summed E-state index contributed by atoms with van der Waals surface area (Å²) in [5.74, 6) is 1.47. The fourth-order valence-corrected chi connectivity index (χ4v) is 3.14. The van der Waals surface area contributed by atoms with Crippen molar-refractivity contribution in [2.24, 2.45) is 4.99 Å². The molecular formula is C19H33N5O. The minimum absolute atomic E-state index is 0.537. The van der Waals surface area contributed by atoms with E-state index in [-0.39, 0.29) is 0 Å². The van der Waals surface area contributed by atoms with Crippen molar-refractivity contribution in [1.29, 1.82) is 0 Å². The highest BCUT2D eigenvalue weighted by Gasteiger charge is 2.17. The summed E-state index contributed by atoms with van der Waals surface area (Å²) in [6, 6.07) is 6.48. The first-order valence-corrected chi connectivity index (χ1v) is 9.49. The van der Waals surface area contributed by atoms with Crippen LogP contribution in [-0.2, 0) is 6.54 Å². The van der Waals surface area contributed by atoms with Crippen LogP contribution in [0.15, 0.2) is 23.2 Å². The number of guanidine groups is 1. The quantitative estimate of drug-likeness (QED) is 0.430. The summed E-state index contributed by atoms with van der Waals surface area (Å²) in [6.45, 7) is 9.15. The zero-order valence-corrected chi connectivity index (χ0v) is 15.9. The van der Waals surface area contributed by atoms with Crippen molar-refractivity contribution in [3.63, 3.8) is 0 Å². The highest BCUT2D eigenvalue weighted by molar-refractivity contribution is 5.79. The molecule has 1 atom stereocenters. The molecule has 6 nitrogen and oxygen atoms in total. The highest BCUT2D eigenvalue weighted by Crippen LogP contribution is 2.16. The monoisotopic (exact) mass is 347 g/mol. The van der Waals surface area contributed by atoms with Crippen LogP contribution in [-0.4, -0.2) is 55.2 Å². The van der Waals surface area contributed by atoms with Crippen molar-refractivity contribution in [3.05, 3.63) is 23.9 Å². The number of methoxy groups -OCH3 is 1. The van der Waals surface area contributed by atoms with Gasteiger partial charge >= 0.3 is 0 Å². The second-order valence-electron chi connectivity index (χ2n) is 6.53. The third-order valence-corrected chi connectivity index (χ3v) is 4.59. The third kappa shape index (κ3) is 6.90. The van der Waals surface area contributed by atoms with E-state index in [2.05, 4.69) is 39.4 Å². The van der Waals surface area contributed by atoms with Gasteiger partial charge in [-0.2, -0.15) is 0 Å². The van der Waals surface area contributed by atoms with Crippen molar-refractivity contribution >= 4 is 5.96 Å². The number of pyridine rings is 1. The van der Waals surface area contributed by atoms with Gasteiger partial charge < -0.3 is 20.3 Å². The maximum Gasteiger partial charge on any atom is 0.213 e. The fourth-order valence-electron chi connectivity index (χ4n) is 3.14. The van der Waals surface area contributed by atoms with Crippen LogP contribution in [0, 0.1) is 0 Å². The summed E-state index contributed by atoms with van der Waals surface area (Å²) in [4.78, 5) is 11.6. The van der Waals surface area contributed by atoms with E-state index in [0.29, 0.717) is 12.4 Å². The van der Waals surface area contributed by atoms with Crippen molar-refractivity contribution in [2.75, 3.05) is 33.3 Å². The van der Waals surface area contributed by atoms with Gasteiger partial charge in [-0.25, -0.2) is 9.98 Å². The zero-order chi connectivity index (χ0) is 17.9. The molecule has 6 heteroatoms. The molecule has 2 heterocycles. The summed E-state index contributed by atoms with van der Waals surface area (Å²) in [5.41, 5.74) is 0.902. The molecule has 0 aliphatic carbocycles. The van der Waals surface area contributed by atoms with Gasteiger partial charge in [0.15, 0.2) is 5.96 Å². The van der Waals surface area contributed by atoms with Crippen LogP contribution < -0.4 is 15.4 Å². The molecule has 1 aromatic heterocycles. The van der Waals surface area contributed by atoms with Crippen molar-refractivity contribution in [3.8, 4) is 5.88 Å². The minimum atomic E-state index is 0.537. The van der Waals surface area contributed by atoms with Gasteiger partial charge in [0, 0.05) is 31.7 Å².